The number of halogens is 1. The van der Waals surface area contributed by atoms with Crippen molar-refractivity contribution in [2.45, 2.75) is 25.5 Å². The van der Waals surface area contributed by atoms with Crippen LogP contribution in [0.3, 0.4) is 0 Å². The van der Waals surface area contributed by atoms with Gasteiger partial charge in [-0.15, -0.1) is 0 Å². The number of ether oxygens (including phenoxy) is 3. The van der Waals surface area contributed by atoms with E-state index in [0.29, 0.717) is 27.4 Å². The van der Waals surface area contributed by atoms with Crippen LogP contribution >= 0.6 is 27.3 Å². The summed E-state index contributed by atoms with van der Waals surface area (Å²) in [5.74, 6) is 1.95. The summed E-state index contributed by atoms with van der Waals surface area (Å²) >= 11 is 5.07. The fraction of sp³-hybridized carbons (Fsp3) is 0.167. The fourth-order valence-electron chi connectivity index (χ4n) is 5.98. The molecule has 1 aliphatic heterocycles. The number of aromatic nitrogens is 1. The molecule has 0 saturated heterocycles. The lowest BCUT2D eigenvalue weighted by Gasteiger charge is -2.31. The lowest BCUT2D eigenvalue weighted by Crippen LogP contribution is -2.38. The van der Waals surface area contributed by atoms with E-state index in [-0.39, 0.29) is 11.6 Å². The molecule has 1 aromatic heterocycles. The summed E-state index contributed by atoms with van der Waals surface area (Å²) in [7, 11) is 3.28. The summed E-state index contributed by atoms with van der Waals surface area (Å²) in [6.07, 6.45) is 3.63. The highest BCUT2D eigenvalue weighted by Gasteiger charge is 2.32. The lowest BCUT2D eigenvalue weighted by atomic mass is 9.83. The highest BCUT2D eigenvalue weighted by atomic mass is 79.9. The number of benzene rings is 4. The van der Waals surface area contributed by atoms with Gasteiger partial charge in [-0.25, -0.2) is 4.99 Å². The Morgan fingerprint density at radius 1 is 0.955 bits per heavy atom. The highest BCUT2D eigenvalue weighted by Crippen LogP contribution is 2.42. The first-order valence-electron chi connectivity index (χ1n) is 14.4. The number of fused-ring (bicyclic) bond motifs is 3. The van der Waals surface area contributed by atoms with Crippen LogP contribution in [0, 0.1) is 0 Å². The Kier molecular flexibility index (Phi) is 7.70. The van der Waals surface area contributed by atoms with Gasteiger partial charge < -0.3 is 14.2 Å². The molecule has 0 unspecified atom stereocenters. The minimum Gasteiger partial charge on any atom is -0.497 e. The van der Waals surface area contributed by atoms with E-state index in [1.807, 2.05) is 71.3 Å². The zero-order chi connectivity index (χ0) is 30.2. The maximum Gasteiger partial charge on any atom is 0.271 e. The van der Waals surface area contributed by atoms with Crippen molar-refractivity contribution < 1.29 is 14.2 Å². The van der Waals surface area contributed by atoms with Gasteiger partial charge in [0.1, 0.15) is 12.4 Å². The Balaban J connectivity index is 1.35. The molecule has 0 spiro atoms. The van der Waals surface area contributed by atoms with Gasteiger partial charge in [0.05, 0.1) is 35.0 Å². The van der Waals surface area contributed by atoms with Gasteiger partial charge in [-0.3, -0.25) is 9.36 Å². The molecule has 7 rings (SSSR count). The van der Waals surface area contributed by atoms with Crippen molar-refractivity contribution in [3.63, 3.8) is 0 Å². The molecule has 1 aliphatic carbocycles. The van der Waals surface area contributed by atoms with Gasteiger partial charge in [0.2, 0.25) is 0 Å². The van der Waals surface area contributed by atoms with Gasteiger partial charge in [-0.05, 0) is 86.9 Å². The van der Waals surface area contributed by atoms with Gasteiger partial charge in [-0.1, -0.05) is 78.1 Å². The molecule has 8 heteroatoms. The molecule has 0 bridgehead atoms. The molecule has 0 radical (unpaired) electrons. The molecule has 0 saturated carbocycles. The average Bonchev–Trinajstić information content (AvgIpc) is 3.37. The Hall–Kier alpha value is -4.40. The Bertz CT molecular complexity index is 2100. The van der Waals surface area contributed by atoms with E-state index in [2.05, 4.69) is 46.3 Å². The highest BCUT2D eigenvalue weighted by molar-refractivity contribution is 9.10. The van der Waals surface area contributed by atoms with Crippen LogP contribution < -0.4 is 29.1 Å². The minimum atomic E-state index is -0.276. The summed E-state index contributed by atoms with van der Waals surface area (Å²) in [6, 6.07) is 30.0. The number of nitrogens with zero attached hydrogens (tertiary/aromatic N) is 2. The number of aryl methyl sites for hydroxylation is 1. The van der Waals surface area contributed by atoms with Crippen LogP contribution in [0.15, 0.2) is 111 Å². The summed E-state index contributed by atoms with van der Waals surface area (Å²) in [4.78, 5) is 20.0. The molecule has 5 aromatic rings. The summed E-state index contributed by atoms with van der Waals surface area (Å²) in [5.41, 5.74) is 7.34. The monoisotopic (exact) mass is 664 g/mol. The third-order valence-corrected chi connectivity index (χ3v) is 9.63. The topological polar surface area (TPSA) is 62.0 Å². The second-order valence-corrected chi connectivity index (χ2v) is 12.6. The minimum absolute atomic E-state index is 0.0773. The number of rotatable bonds is 7. The predicted octanol–water partition coefficient (Wildman–Crippen LogP) is 6.68. The first-order valence-corrected chi connectivity index (χ1v) is 16.0. The maximum atomic E-state index is 14.2. The molecular formula is C36H29BrN2O4S. The van der Waals surface area contributed by atoms with Crippen molar-refractivity contribution in [2.24, 2.45) is 4.99 Å². The van der Waals surface area contributed by atoms with Crippen molar-refractivity contribution >= 4 is 39.0 Å². The molecule has 2 aliphatic rings. The van der Waals surface area contributed by atoms with E-state index in [1.54, 1.807) is 14.2 Å². The van der Waals surface area contributed by atoms with E-state index in [4.69, 9.17) is 19.2 Å². The molecule has 220 valence electrons. The zero-order valence-electron chi connectivity index (χ0n) is 24.2. The Morgan fingerprint density at radius 3 is 2.59 bits per heavy atom. The molecule has 6 nitrogen and oxygen atoms in total. The number of methoxy groups -OCH3 is 2. The largest absolute Gasteiger partial charge is 0.497 e. The van der Waals surface area contributed by atoms with Crippen LogP contribution in [0.25, 0.3) is 11.8 Å². The van der Waals surface area contributed by atoms with Crippen molar-refractivity contribution in [2.75, 3.05) is 14.2 Å². The quantitative estimate of drug-likeness (QED) is 0.195. The van der Waals surface area contributed by atoms with Crippen LogP contribution in [-0.4, -0.2) is 18.8 Å². The van der Waals surface area contributed by atoms with E-state index in [9.17, 15) is 4.79 Å². The second kappa shape index (κ2) is 11.9. The van der Waals surface area contributed by atoms with Crippen molar-refractivity contribution in [3.05, 3.63) is 149 Å². The first kappa shape index (κ1) is 28.4. The molecule has 4 aromatic carbocycles. The summed E-state index contributed by atoms with van der Waals surface area (Å²) in [6.45, 7) is 0.409. The number of hydrogen-bond acceptors (Lipinski definition) is 6. The van der Waals surface area contributed by atoms with Gasteiger partial charge in [0, 0.05) is 5.56 Å². The van der Waals surface area contributed by atoms with Crippen LogP contribution in [0.5, 0.6) is 17.2 Å². The van der Waals surface area contributed by atoms with Crippen molar-refractivity contribution in [1.82, 2.24) is 4.57 Å². The fourth-order valence-corrected chi connectivity index (χ4v) is 7.55. The molecule has 44 heavy (non-hydrogen) atoms. The van der Waals surface area contributed by atoms with Gasteiger partial charge in [0.15, 0.2) is 16.3 Å². The standard InChI is InChI=1S/C36H29BrN2O4S/c1-41-26-13-8-12-25(20-26)33-28-16-15-24-11-6-7-14-27(24)32(28)38-36-39(33)35(40)31(44-36)19-23-17-29(37)34(30(18-23)42-2)43-21-22-9-4-3-5-10-22/h3-14,17-20,33H,15-16,21H2,1-2H3/b31-19+/t33-/m1/s1. The number of thiazole rings is 1. The SMILES string of the molecule is COc1cccc([C@@H]2C3=C(N=c4s/c(=C/c5cc(Br)c(OCc6ccccc6)c(OC)c5)c(=O)n42)c2ccccc2CC3)c1. The predicted molar refractivity (Wildman–Crippen MR) is 177 cm³/mol. The zero-order valence-corrected chi connectivity index (χ0v) is 26.7. The van der Waals surface area contributed by atoms with E-state index < -0.39 is 0 Å². The number of allylic oxidation sites excluding steroid dienone is 1. The second-order valence-electron chi connectivity index (χ2n) is 10.7. The Morgan fingerprint density at radius 2 is 1.77 bits per heavy atom. The van der Waals surface area contributed by atoms with E-state index >= 15 is 0 Å². The third-order valence-electron chi connectivity index (χ3n) is 8.06. The van der Waals surface area contributed by atoms with Crippen LogP contribution in [0.4, 0.5) is 0 Å². The van der Waals surface area contributed by atoms with E-state index in [1.165, 1.54) is 16.9 Å². The maximum absolute atomic E-state index is 14.2. The van der Waals surface area contributed by atoms with Gasteiger partial charge in [0.25, 0.3) is 5.56 Å². The van der Waals surface area contributed by atoms with Crippen LogP contribution in [0.1, 0.15) is 40.3 Å². The molecule has 0 amide bonds. The summed E-state index contributed by atoms with van der Waals surface area (Å²) in [5, 5.41) is 0. The average molecular weight is 666 g/mol. The molecular weight excluding hydrogens is 636 g/mol. The molecule has 0 fully saturated rings. The van der Waals surface area contributed by atoms with Gasteiger partial charge in [-0.2, -0.15) is 0 Å². The van der Waals surface area contributed by atoms with Crippen LogP contribution in [-0.2, 0) is 13.0 Å². The smallest absolute Gasteiger partial charge is 0.271 e. The normalized spacial score (nSPS) is 15.6. The van der Waals surface area contributed by atoms with Crippen LogP contribution in [0.2, 0.25) is 0 Å². The van der Waals surface area contributed by atoms with Crippen molar-refractivity contribution in [1.29, 1.82) is 0 Å². The third kappa shape index (κ3) is 5.18. The number of hydrogen-bond donors (Lipinski definition) is 0. The van der Waals surface area contributed by atoms with Gasteiger partial charge >= 0.3 is 0 Å². The molecule has 2 heterocycles. The summed E-state index contributed by atoms with van der Waals surface area (Å²) < 4.78 is 20.6. The van der Waals surface area contributed by atoms with Crippen molar-refractivity contribution in [3.8, 4) is 17.2 Å². The first-order chi connectivity index (χ1) is 21.5. The molecule has 0 N–H and O–H groups in total. The molecule has 1 atom stereocenters. The van der Waals surface area contributed by atoms with E-state index in [0.717, 1.165) is 56.6 Å². The Labute approximate surface area is 267 Å². The lowest BCUT2D eigenvalue weighted by molar-refractivity contribution is 0.282.